The number of benzene rings is 2. The van der Waals surface area contributed by atoms with Gasteiger partial charge < -0.3 is 10.2 Å². The summed E-state index contributed by atoms with van der Waals surface area (Å²) < 4.78 is 1.91. The number of para-hydroxylation sites is 1. The third-order valence-electron chi connectivity index (χ3n) is 5.21. The number of hydrogen-bond donors (Lipinski definition) is 1. The largest absolute Gasteiger partial charge is 0.375 e. The van der Waals surface area contributed by atoms with Crippen LogP contribution in [-0.2, 0) is 6.54 Å². The van der Waals surface area contributed by atoms with Crippen LogP contribution < -0.4 is 10.2 Å². The first-order valence-corrected chi connectivity index (χ1v) is 10.1. The summed E-state index contributed by atoms with van der Waals surface area (Å²) in [7, 11) is 2.07. The van der Waals surface area contributed by atoms with Crippen LogP contribution >= 0.6 is 0 Å². The highest BCUT2D eigenvalue weighted by Crippen LogP contribution is 2.15. The number of nitrogens with zero attached hydrogens (tertiary/aromatic N) is 3. The second-order valence-electron chi connectivity index (χ2n) is 7.56. The Hall–Kier alpha value is -3.08. The number of aryl methyl sites for hydroxylation is 2. The summed E-state index contributed by atoms with van der Waals surface area (Å²) in [5.41, 5.74) is 5.96. The lowest BCUT2D eigenvalue weighted by Crippen LogP contribution is -2.28. The molecule has 0 radical (unpaired) electrons. The fraction of sp³-hybridized carbons (Fsp3) is 0.333. The molecule has 0 spiro atoms. The molecule has 1 heterocycles. The molecule has 1 N–H and O–H groups in total. The number of carbonyl (C=O) groups excluding carboxylic acids is 1. The monoisotopic (exact) mass is 390 g/mol. The predicted octanol–water partition coefficient (Wildman–Crippen LogP) is 4.11. The minimum Gasteiger partial charge on any atom is -0.375 e. The molecule has 0 fully saturated rings. The van der Waals surface area contributed by atoms with E-state index in [9.17, 15) is 4.79 Å². The summed E-state index contributed by atoms with van der Waals surface area (Å²) >= 11 is 0. The first-order valence-electron chi connectivity index (χ1n) is 10.1. The molecule has 29 heavy (non-hydrogen) atoms. The minimum absolute atomic E-state index is 0.0440. The number of aromatic nitrogens is 2. The summed E-state index contributed by atoms with van der Waals surface area (Å²) in [5, 5.41) is 7.65. The average Bonchev–Trinajstić information content (AvgIpc) is 3.00. The smallest absolute Gasteiger partial charge is 0.255 e. The Morgan fingerprint density at radius 2 is 1.72 bits per heavy atom. The second-order valence-corrected chi connectivity index (χ2v) is 7.56. The van der Waals surface area contributed by atoms with E-state index >= 15 is 0 Å². The lowest BCUT2D eigenvalue weighted by Gasteiger charge is -2.19. The van der Waals surface area contributed by atoms with E-state index in [1.807, 2.05) is 36.7 Å². The molecule has 0 saturated carbocycles. The summed E-state index contributed by atoms with van der Waals surface area (Å²) in [4.78, 5) is 14.9. The molecule has 0 atom stereocenters. The van der Waals surface area contributed by atoms with Crippen molar-refractivity contribution in [2.75, 3.05) is 25.0 Å². The zero-order chi connectivity index (χ0) is 20.8. The van der Waals surface area contributed by atoms with Crippen molar-refractivity contribution in [3.05, 3.63) is 82.7 Å². The van der Waals surface area contributed by atoms with Gasteiger partial charge in [0, 0.05) is 31.5 Å². The van der Waals surface area contributed by atoms with Crippen molar-refractivity contribution < 1.29 is 4.79 Å². The molecule has 3 aromatic rings. The van der Waals surface area contributed by atoms with Crippen molar-refractivity contribution in [3.8, 4) is 0 Å². The Morgan fingerprint density at radius 3 is 2.41 bits per heavy atom. The van der Waals surface area contributed by atoms with Gasteiger partial charge in [0.15, 0.2) is 0 Å². The van der Waals surface area contributed by atoms with E-state index in [1.165, 1.54) is 16.8 Å². The van der Waals surface area contributed by atoms with Crippen molar-refractivity contribution in [1.29, 1.82) is 0 Å². The molecule has 1 aromatic heterocycles. The van der Waals surface area contributed by atoms with Crippen LogP contribution in [0.2, 0.25) is 0 Å². The van der Waals surface area contributed by atoms with E-state index in [0.717, 1.165) is 24.4 Å². The average molecular weight is 391 g/mol. The first kappa shape index (κ1) is 20.6. The molecule has 0 saturated heterocycles. The van der Waals surface area contributed by atoms with Crippen LogP contribution in [0.25, 0.3) is 0 Å². The van der Waals surface area contributed by atoms with Gasteiger partial charge in [-0.3, -0.25) is 9.48 Å². The number of anilines is 1. The lowest BCUT2D eigenvalue weighted by atomic mass is 10.1. The predicted molar refractivity (Wildman–Crippen MR) is 119 cm³/mol. The molecule has 0 bridgehead atoms. The highest BCUT2D eigenvalue weighted by Gasteiger charge is 2.18. The normalized spacial score (nSPS) is 10.8. The maximum Gasteiger partial charge on any atom is 0.255 e. The molecule has 3 rings (SSSR count). The Balaban J connectivity index is 1.55. The summed E-state index contributed by atoms with van der Waals surface area (Å²) in [6.45, 7) is 8.13. The number of nitrogens with one attached hydrogen (secondary N) is 1. The lowest BCUT2D eigenvalue weighted by molar-refractivity contribution is 0.0952. The van der Waals surface area contributed by atoms with Crippen LogP contribution in [0.1, 0.15) is 39.3 Å². The molecule has 5 heteroatoms. The van der Waals surface area contributed by atoms with E-state index in [0.29, 0.717) is 18.7 Å². The highest BCUT2D eigenvalue weighted by molar-refractivity contribution is 5.96. The van der Waals surface area contributed by atoms with E-state index in [4.69, 9.17) is 0 Å². The van der Waals surface area contributed by atoms with E-state index in [-0.39, 0.29) is 5.91 Å². The Kier molecular flexibility index (Phi) is 6.70. The van der Waals surface area contributed by atoms with Crippen molar-refractivity contribution >= 4 is 11.6 Å². The highest BCUT2D eigenvalue weighted by atomic mass is 16.1. The van der Waals surface area contributed by atoms with Crippen LogP contribution in [0.3, 0.4) is 0 Å². The molecule has 0 aliphatic heterocycles. The van der Waals surface area contributed by atoms with Crippen molar-refractivity contribution in [1.82, 2.24) is 15.1 Å². The summed E-state index contributed by atoms with van der Waals surface area (Å²) in [6.07, 6.45) is 0.882. The standard InChI is InChI=1S/C24H30N4O/c1-18-11-13-21(14-12-18)17-28-20(3)23(19(2)26-28)24(29)25-15-8-16-27(4)22-9-6-5-7-10-22/h5-7,9-14H,8,15-17H2,1-4H3,(H,25,29). The third-order valence-corrected chi connectivity index (χ3v) is 5.21. The Morgan fingerprint density at radius 1 is 1.03 bits per heavy atom. The number of rotatable bonds is 8. The molecule has 0 aliphatic rings. The summed E-state index contributed by atoms with van der Waals surface area (Å²) in [6, 6.07) is 18.7. The van der Waals surface area contributed by atoms with E-state index in [2.05, 4.69) is 65.7 Å². The zero-order valence-corrected chi connectivity index (χ0v) is 17.8. The molecule has 0 aliphatic carbocycles. The SMILES string of the molecule is Cc1ccc(Cn2nc(C)c(C(=O)NCCCN(C)c3ccccc3)c2C)cc1. The molecule has 5 nitrogen and oxygen atoms in total. The van der Waals surface area contributed by atoms with Gasteiger partial charge in [0.05, 0.1) is 17.8 Å². The first-order chi connectivity index (χ1) is 14.0. The van der Waals surface area contributed by atoms with Crippen molar-refractivity contribution in [2.45, 2.75) is 33.7 Å². The molecular formula is C24H30N4O. The topological polar surface area (TPSA) is 50.2 Å². The fourth-order valence-corrected chi connectivity index (χ4v) is 3.46. The second kappa shape index (κ2) is 9.41. The summed E-state index contributed by atoms with van der Waals surface area (Å²) in [5.74, 6) is -0.0440. The Labute approximate surface area is 173 Å². The van der Waals surface area contributed by atoms with Gasteiger partial charge in [0.1, 0.15) is 0 Å². The molecule has 1 amide bonds. The minimum atomic E-state index is -0.0440. The van der Waals surface area contributed by atoms with Crippen molar-refractivity contribution in [3.63, 3.8) is 0 Å². The van der Waals surface area contributed by atoms with Crippen LogP contribution in [0.15, 0.2) is 54.6 Å². The number of amides is 1. The van der Waals surface area contributed by atoms with Gasteiger partial charge in [-0.15, -0.1) is 0 Å². The maximum atomic E-state index is 12.7. The third kappa shape index (κ3) is 5.25. The van der Waals surface area contributed by atoms with Gasteiger partial charge in [0.2, 0.25) is 0 Å². The molecule has 2 aromatic carbocycles. The van der Waals surface area contributed by atoms with Crippen LogP contribution in [-0.4, -0.2) is 35.8 Å². The van der Waals surface area contributed by atoms with Gasteiger partial charge in [0.25, 0.3) is 5.91 Å². The van der Waals surface area contributed by atoms with E-state index < -0.39 is 0 Å². The molecule has 152 valence electrons. The van der Waals surface area contributed by atoms with Gasteiger partial charge in [-0.05, 0) is 44.9 Å². The quantitative estimate of drug-likeness (QED) is 0.589. The molecular weight excluding hydrogens is 360 g/mol. The van der Waals surface area contributed by atoms with Crippen LogP contribution in [0, 0.1) is 20.8 Å². The maximum absolute atomic E-state index is 12.7. The van der Waals surface area contributed by atoms with Crippen LogP contribution in [0.5, 0.6) is 0 Å². The van der Waals surface area contributed by atoms with Crippen LogP contribution in [0.4, 0.5) is 5.69 Å². The van der Waals surface area contributed by atoms with E-state index in [1.54, 1.807) is 0 Å². The Bertz CT molecular complexity index is 945. The van der Waals surface area contributed by atoms with Gasteiger partial charge in [-0.2, -0.15) is 5.10 Å². The zero-order valence-electron chi connectivity index (χ0n) is 17.8. The van der Waals surface area contributed by atoms with Crippen molar-refractivity contribution in [2.24, 2.45) is 0 Å². The van der Waals surface area contributed by atoms with Gasteiger partial charge >= 0.3 is 0 Å². The molecule has 0 unspecified atom stereocenters. The fourth-order valence-electron chi connectivity index (χ4n) is 3.46. The van der Waals surface area contributed by atoms with Gasteiger partial charge in [-0.25, -0.2) is 0 Å². The number of carbonyl (C=O) groups is 1. The number of hydrogen-bond acceptors (Lipinski definition) is 3. The van der Waals surface area contributed by atoms with Gasteiger partial charge in [-0.1, -0.05) is 48.0 Å².